The Morgan fingerprint density at radius 3 is 2.08 bits per heavy atom. The van der Waals surface area contributed by atoms with Crippen LogP contribution in [0.15, 0.2) is 41.4 Å². The number of fused-ring (bicyclic) bond motifs is 7. The molecule has 128 valence electrons. The molecule has 0 aliphatic carbocycles. The minimum Gasteiger partial charge on any atom is -0.365 e. The number of hydrogen-bond donors (Lipinski definition) is 4. The molecule has 0 amide bonds. The topological polar surface area (TPSA) is 97.0 Å². The number of nitrogens with one attached hydrogen (secondary N) is 3. The lowest BCUT2D eigenvalue weighted by Gasteiger charge is -2.11. The number of carbonyl (C=O) groups excluding carboxylic acids is 1. The van der Waals surface area contributed by atoms with Crippen molar-refractivity contribution in [1.82, 2.24) is 15.0 Å². The number of aliphatic hydroxyl groups is 1. The Labute approximate surface area is 147 Å². The average molecular weight is 344 g/mol. The maximum Gasteiger partial charge on any atom is 0.186 e. The van der Waals surface area contributed by atoms with Gasteiger partial charge in [-0.05, 0) is 60.7 Å². The summed E-state index contributed by atoms with van der Waals surface area (Å²) in [6.07, 6.45) is 7.17. The summed E-state index contributed by atoms with van der Waals surface area (Å²) < 4.78 is 0. The van der Waals surface area contributed by atoms with E-state index < -0.39 is 5.72 Å². The molecule has 2 aliphatic heterocycles. The fraction of sp³-hybridized carbons (Fsp3) is 0.100. The standard InChI is InChI=1S/C20H16N4O2/c25-19-11-20(26)10-17-6-5-15(23-17)8-13-2-1-12(21-13)7-14-3-4-16(22-14)9-18(19)24-20/h1-10,21-23,26H,11H2. The second-order valence-corrected chi connectivity index (χ2v) is 6.66. The van der Waals surface area contributed by atoms with Gasteiger partial charge in [0.1, 0.15) is 5.71 Å². The first-order chi connectivity index (χ1) is 12.5. The number of aromatic nitrogens is 3. The van der Waals surface area contributed by atoms with Crippen molar-refractivity contribution in [2.45, 2.75) is 12.1 Å². The zero-order valence-electron chi connectivity index (χ0n) is 13.8. The molecular weight excluding hydrogens is 328 g/mol. The molecule has 3 aromatic heterocycles. The summed E-state index contributed by atoms with van der Waals surface area (Å²) in [7, 11) is 0. The zero-order chi connectivity index (χ0) is 17.7. The Balaban J connectivity index is 1.79. The van der Waals surface area contributed by atoms with Crippen molar-refractivity contribution in [2.24, 2.45) is 4.99 Å². The minimum absolute atomic E-state index is 0.0593. The van der Waals surface area contributed by atoms with Crippen LogP contribution in [0.3, 0.4) is 0 Å². The second-order valence-electron chi connectivity index (χ2n) is 6.66. The van der Waals surface area contributed by atoms with Gasteiger partial charge < -0.3 is 20.1 Å². The highest BCUT2D eigenvalue weighted by Gasteiger charge is 2.35. The highest BCUT2D eigenvalue weighted by Crippen LogP contribution is 2.22. The summed E-state index contributed by atoms with van der Waals surface area (Å²) in [6.45, 7) is 0. The van der Waals surface area contributed by atoms with Crippen LogP contribution < -0.4 is 21.4 Å². The van der Waals surface area contributed by atoms with E-state index in [0.29, 0.717) is 5.35 Å². The fourth-order valence-corrected chi connectivity index (χ4v) is 3.36. The lowest BCUT2D eigenvalue weighted by Crippen LogP contribution is -2.25. The maximum absolute atomic E-state index is 12.3. The highest BCUT2D eigenvalue weighted by molar-refractivity contribution is 6.52. The molecule has 4 N–H and O–H groups in total. The Kier molecular flexibility index (Phi) is 3.05. The average Bonchev–Trinajstić information content (AvgIpc) is 3.33. The Bertz CT molecular complexity index is 1300. The number of carbonyl (C=O) groups is 1. The number of ketones is 1. The van der Waals surface area contributed by atoms with Gasteiger partial charge in [-0.25, -0.2) is 4.99 Å². The fourth-order valence-electron chi connectivity index (χ4n) is 3.36. The van der Waals surface area contributed by atoms with Crippen molar-refractivity contribution < 1.29 is 9.90 Å². The van der Waals surface area contributed by atoms with E-state index in [2.05, 4.69) is 19.9 Å². The predicted octanol–water partition coefficient (Wildman–Crippen LogP) is -0.994. The molecule has 0 fully saturated rings. The van der Waals surface area contributed by atoms with Gasteiger partial charge in [0.2, 0.25) is 0 Å². The number of H-pyrrole nitrogens is 3. The number of Topliss-reactive ketones (excluding diaryl/α,β-unsaturated/α-hetero) is 1. The summed E-state index contributed by atoms with van der Waals surface area (Å²) in [6, 6.07) is 11.6. The van der Waals surface area contributed by atoms with Gasteiger partial charge in [0.05, 0.1) is 6.42 Å². The van der Waals surface area contributed by atoms with Crippen LogP contribution in [0.25, 0.3) is 24.3 Å². The molecule has 0 aromatic carbocycles. The van der Waals surface area contributed by atoms with Crippen LogP contribution in [0.4, 0.5) is 0 Å². The van der Waals surface area contributed by atoms with E-state index >= 15 is 0 Å². The lowest BCUT2D eigenvalue weighted by molar-refractivity contribution is -0.114. The monoisotopic (exact) mass is 344 g/mol. The first-order valence-corrected chi connectivity index (χ1v) is 8.37. The van der Waals surface area contributed by atoms with E-state index in [0.717, 1.165) is 27.4 Å². The molecule has 3 aromatic rings. The quantitative estimate of drug-likeness (QED) is 0.421. The third-order valence-corrected chi connectivity index (χ3v) is 4.51. The SMILES string of the molecule is O=C1CC2(O)C=c3ccc([nH]3)=Cc3ccc([nH]3)C=c3ccc([nH]3)=CC1=N2. The van der Waals surface area contributed by atoms with Gasteiger partial charge >= 0.3 is 0 Å². The number of nitrogens with zero attached hydrogens (tertiary/aromatic N) is 1. The van der Waals surface area contributed by atoms with Gasteiger partial charge in [-0.15, -0.1) is 0 Å². The number of hydrogen-bond acceptors (Lipinski definition) is 3. The number of rotatable bonds is 0. The van der Waals surface area contributed by atoms with Crippen molar-refractivity contribution in [3.63, 3.8) is 0 Å². The first kappa shape index (κ1) is 14.9. The first-order valence-electron chi connectivity index (χ1n) is 8.37. The van der Waals surface area contributed by atoms with Crippen molar-refractivity contribution >= 4 is 35.8 Å². The van der Waals surface area contributed by atoms with Gasteiger partial charge in [-0.2, -0.15) is 0 Å². The van der Waals surface area contributed by atoms with Crippen molar-refractivity contribution in [3.05, 3.63) is 69.2 Å². The van der Waals surface area contributed by atoms with Crippen LogP contribution in [0.2, 0.25) is 0 Å². The van der Waals surface area contributed by atoms with Gasteiger partial charge in [0.15, 0.2) is 11.5 Å². The van der Waals surface area contributed by atoms with Gasteiger partial charge in [0.25, 0.3) is 0 Å². The second kappa shape index (κ2) is 5.31. The molecule has 2 aliphatic rings. The number of aliphatic imine (C=N–C) groups is 1. The molecule has 0 spiro atoms. The van der Waals surface area contributed by atoms with Gasteiger partial charge in [0, 0.05) is 32.8 Å². The summed E-state index contributed by atoms with van der Waals surface area (Å²) in [4.78, 5) is 26.3. The molecule has 0 radical (unpaired) electrons. The van der Waals surface area contributed by atoms with Crippen LogP contribution in [0, 0.1) is 0 Å². The molecule has 1 unspecified atom stereocenters. The third kappa shape index (κ3) is 2.66. The van der Waals surface area contributed by atoms with E-state index in [1.807, 2.05) is 48.6 Å². The summed E-state index contributed by atoms with van der Waals surface area (Å²) >= 11 is 0. The summed E-state index contributed by atoms with van der Waals surface area (Å²) in [5.74, 6) is -0.180. The molecule has 6 heteroatoms. The van der Waals surface area contributed by atoms with Crippen LogP contribution in [-0.4, -0.2) is 37.3 Å². The Morgan fingerprint density at radius 2 is 1.38 bits per heavy atom. The minimum atomic E-state index is -1.52. The lowest BCUT2D eigenvalue weighted by atomic mass is 10.1. The molecule has 5 rings (SSSR count). The molecular formula is C20H16N4O2. The van der Waals surface area contributed by atoms with Gasteiger partial charge in [-0.3, -0.25) is 4.79 Å². The molecule has 0 saturated heterocycles. The van der Waals surface area contributed by atoms with E-state index in [1.165, 1.54) is 0 Å². The van der Waals surface area contributed by atoms with Crippen LogP contribution in [0.5, 0.6) is 0 Å². The number of aromatic amines is 3. The third-order valence-electron chi connectivity index (χ3n) is 4.51. The summed E-state index contributed by atoms with van der Waals surface area (Å²) in [5.41, 5.74) is 0.678. The predicted molar refractivity (Wildman–Crippen MR) is 99.0 cm³/mol. The van der Waals surface area contributed by atoms with Crippen molar-refractivity contribution in [1.29, 1.82) is 0 Å². The highest BCUT2D eigenvalue weighted by atomic mass is 16.3. The molecule has 0 saturated carbocycles. The largest absolute Gasteiger partial charge is 0.365 e. The van der Waals surface area contributed by atoms with Gasteiger partial charge in [-0.1, -0.05) is 0 Å². The Morgan fingerprint density at radius 1 is 0.808 bits per heavy atom. The van der Waals surface area contributed by atoms with E-state index in [1.54, 1.807) is 12.2 Å². The van der Waals surface area contributed by atoms with Crippen molar-refractivity contribution in [2.75, 3.05) is 0 Å². The van der Waals surface area contributed by atoms with Crippen molar-refractivity contribution in [3.8, 4) is 0 Å². The Hall–Kier alpha value is -3.38. The molecule has 5 heterocycles. The van der Waals surface area contributed by atoms with E-state index in [4.69, 9.17) is 0 Å². The summed E-state index contributed by atoms with van der Waals surface area (Å²) in [5, 5.41) is 14.0. The molecule has 6 nitrogen and oxygen atoms in total. The van der Waals surface area contributed by atoms with E-state index in [9.17, 15) is 9.90 Å². The van der Waals surface area contributed by atoms with E-state index in [-0.39, 0.29) is 17.9 Å². The molecule has 26 heavy (non-hydrogen) atoms. The molecule has 1 atom stereocenters. The zero-order valence-corrected chi connectivity index (χ0v) is 13.8. The van der Waals surface area contributed by atoms with Crippen LogP contribution in [-0.2, 0) is 4.79 Å². The van der Waals surface area contributed by atoms with Crippen LogP contribution >= 0.6 is 0 Å². The maximum atomic E-state index is 12.3. The molecule has 8 bridgehead atoms. The normalized spacial score (nSPS) is 21.3. The van der Waals surface area contributed by atoms with Crippen LogP contribution in [0.1, 0.15) is 17.8 Å². The smallest absolute Gasteiger partial charge is 0.186 e.